The monoisotopic (exact) mass is 342 g/mol. The van der Waals surface area contributed by atoms with Gasteiger partial charge >= 0.3 is 0 Å². The van der Waals surface area contributed by atoms with Crippen molar-refractivity contribution in [3.63, 3.8) is 0 Å². The molecule has 0 heterocycles. The molecule has 0 bridgehead atoms. The van der Waals surface area contributed by atoms with Crippen LogP contribution in [0.25, 0.3) is 21.5 Å². The molecule has 0 aliphatic heterocycles. The molecule has 4 aromatic rings. The largest absolute Gasteiger partial charge is 0.329 e. The minimum absolute atomic E-state index is 0.597. The average molecular weight is 342 g/mol. The summed E-state index contributed by atoms with van der Waals surface area (Å²) in [5, 5.41) is 13.6. The van der Waals surface area contributed by atoms with Gasteiger partial charge in [0.25, 0.3) is 0 Å². The molecule has 4 rings (SSSR count). The Morgan fingerprint density at radius 3 is 1.31 bits per heavy atom. The Kier molecular flexibility index (Phi) is 6.04. The third kappa shape index (κ3) is 4.11. The van der Waals surface area contributed by atoms with Gasteiger partial charge in [-0.25, -0.2) is 0 Å². The van der Waals surface area contributed by atoms with Crippen molar-refractivity contribution in [1.29, 1.82) is 0 Å². The zero-order chi connectivity index (χ0) is 18.2. The van der Waals surface area contributed by atoms with Gasteiger partial charge in [-0.05, 0) is 22.9 Å². The molecule has 4 aromatic carbocycles. The molecular weight excluding hydrogens is 320 g/mol. The first-order valence-corrected chi connectivity index (χ1v) is 8.61. The van der Waals surface area contributed by atoms with E-state index in [4.69, 9.17) is 11.5 Å². The molecule has 4 N–H and O–H groups in total. The number of nitrogens with zero attached hydrogens (tertiary/aromatic N) is 2. The minimum atomic E-state index is 0.597. The Morgan fingerprint density at radius 2 is 0.885 bits per heavy atom. The minimum Gasteiger partial charge on any atom is -0.329 e. The SMILES string of the molecule is NCCN.c1ccc2c(N=Nc3cccc4ccccc34)cccc2c1. The van der Waals surface area contributed by atoms with Crippen LogP contribution in [-0.4, -0.2) is 13.1 Å². The summed E-state index contributed by atoms with van der Waals surface area (Å²) < 4.78 is 0. The topological polar surface area (TPSA) is 76.8 Å². The molecule has 26 heavy (non-hydrogen) atoms. The van der Waals surface area contributed by atoms with Crippen molar-refractivity contribution < 1.29 is 0 Å². The van der Waals surface area contributed by atoms with Crippen molar-refractivity contribution in [1.82, 2.24) is 0 Å². The third-order valence-corrected chi connectivity index (χ3v) is 3.97. The fraction of sp³-hybridized carbons (Fsp3) is 0.0909. The standard InChI is InChI=1S/C20H14N2.C2H8N2/c1-3-11-17-15(7-1)9-5-13-19(17)21-22-20-14-6-10-16-8-2-4-12-18(16)20;3-1-2-4/h1-14H;1-4H2. The van der Waals surface area contributed by atoms with Crippen LogP contribution in [-0.2, 0) is 0 Å². The molecule has 0 unspecified atom stereocenters. The number of nitrogens with two attached hydrogens (primary N) is 2. The lowest BCUT2D eigenvalue weighted by molar-refractivity contribution is 0.976. The van der Waals surface area contributed by atoms with E-state index in [1.54, 1.807) is 0 Å². The fourth-order valence-electron chi connectivity index (χ4n) is 2.70. The Bertz CT molecular complexity index is 931. The van der Waals surface area contributed by atoms with Crippen molar-refractivity contribution in [2.75, 3.05) is 13.1 Å². The summed E-state index contributed by atoms with van der Waals surface area (Å²) in [6.07, 6.45) is 0. The van der Waals surface area contributed by atoms with E-state index in [1.807, 2.05) is 48.5 Å². The fourth-order valence-corrected chi connectivity index (χ4v) is 2.70. The van der Waals surface area contributed by atoms with Gasteiger partial charge in [0, 0.05) is 23.9 Å². The molecule has 0 atom stereocenters. The molecule has 0 aromatic heterocycles. The first-order valence-electron chi connectivity index (χ1n) is 8.61. The molecule has 0 fully saturated rings. The van der Waals surface area contributed by atoms with Crippen molar-refractivity contribution in [2.24, 2.45) is 21.7 Å². The van der Waals surface area contributed by atoms with Crippen molar-refractivity contribution in [3.8, 4) is 0 Å². The quantitative estimate of drug-likeness (QED) is 0.495. The van der Waals surface area contributed by atoms with Crippen LogP contribution in [0.3, 0.4) is 0 Å². The van der Waals surface area contributed by atoms with E-state index in [0.717, 1.165) is 22.1 Å². The first-order chi connectivity index (χ1) is 12.8. The van der Waals surface area contributed by atoms with Crippen LogP contribution in [0.5, 0.6) is 0 Å². The molecule has 0 saturated carbocycles. The maximum atomic E-state index is 4.90. The number of fused-ring (bicyclic) bond motifs is 2. The van der Waals surface area contributed by atoms with E-state index in [-0.39, 0.29) is 0 Å². The second kappa shape index (κ2) is 8.85. The van der Waals surface area contributed by atoms with Gasteiger partial charge in [-0.2, -0.15) is 0 Å². The summed E-state index contributed by atoms with van der Waals surface area (Å²) >= 11 is 0. The van der Waals surface area contributed by atoms with Gasteiger partial charge in [-0.1, -0.05) is 72.8 Å². The van der Waals surface area contributed by atoms with Crippen LogP contribution in [0.4, 0.5) is 11.4 Å². The molecule has 0 aliphatic rings. The van der Waals surface area contributed by atoms with E-state index in [0.29, 0.717) is 13.1 Å². The van der Waals surface area contributed by atoms with Gasteiger partial charge in [-0.15, -0.1) is 10.2 Å². The number of azo groups is 1. The van der Waals surface area contributed by atoms with E-state index in [1.165, 1.54) is 10.8 Å². The molecule has 4 heteroatoms. The van der Waals surface area contributed by atoms with E-state index in [9.17, 15) is 0 Å². The van der Waals surface area contributed by atoms with E-state index < -0.39 is 0 Å². The van der Waals surface area contributed by atoms with Gasteiger partial charge in [-0.3, -0.25) is 0 Å². The van der Waals surface area contributed by atoms with Gasteiger partial charge in [0.2, 0.25) is 0 Å². The normalized spacial score (nSPS) is 10.8. The third-order valence-electron chi connectivity index (χ3n) is 3.97. The summed E-state index contributed by atoms with van der Waals surface area (Å²) in [4.78, 5) is 0. The molecule has 0 radical (unpaired) electrons. The lowest BCUT2D eigenvalue weighted by atomic mass is 10.1. The molecule has 130 valence electrons. The summed E-state index contributed by atoms with van der Waals surface area (Å²) in [6, 6.07) is 28.7. The second-order valence-corrected chi connectivity index (χ2v) is 5.77. The maximum absolute atomic E-state index is 4.90. The summed E-state index contributed by atoms with van der Waals surface area (Å²) in [7, 11) is 0. The van der Waals surface area contributed by atoms with Crippen LogP contribution < -0.4 is 11.5 Å². The van der Waals surface area contributed by atoms with Crippen molar-refractivity contribution >= 4 is 32.9 Å². The van der Waals surface area contributed by atoms with Gasteiger partial charge in [0.05, 0.1) is 11.4 Å². The molecular formula is C22H22N4. The molecule has 4 nitrogen and oxygen atoms in total. The number of rotatable bonds is 3. The van der Waals surface area contributed by atoms with Gasteiger partial charge < -0.3 is 11.5 Å². The lowest BCUT2D eigenvalue weighted by Gasteiger charge is -2.02. The second-order valence-electron chi connectivity index (χ2n) is 5.77. The van der Waals surface area contributed by atoms with Crippen molar-refractivity contribution in [2.45, 2.75) is 0 Å². The smallest absolute Gasteiger partial charge is 0.0935 e. The zero-order valence-corrected chi connectivity index (χ0v) is 14.5. The predicted molar refractivity (Wildman–Crippen MR) is 110 cm³/mol. The van der Waals surface area contributed by atoms with E-state index in [2.05, 4.69) is 46.6 Å². The highest BCUT2D eigenvalue weighted by Crippen LogP contribution is 2.30. The highest BCUT2D eigenvalue weighted by Gasteiger charge is 2.01. The lowest BCUT2D eigenvalue weighted by Crippen LogP contribution is -2.11. The van der Waals surface area contributed by atoms with Crippen LogP contribution >= 0.6 is 0 Å². The highest BCUT2D eigenvalue weighted by molar-refractivity contribution is 5.93. The Hall–Kier alpha value is -3.08. The van der Waals surface area contributed by atoms with E-state index >= 15 is 0 Å². The number of benzene rings is 4. The zero-order valence-electron chi connectivity index (χ0n) is 14.5. The first kappa shape index (κ1) is 17.7. The van der Waals surface area contributed by atoms with Crippen LogP contribution in [0.15, 0.2) is 95.2 Å². The molecule has 0 aliphatic carbocycles. The Labute approximate surface area is 153 Å². The Morgan fingerprint density at radius 1 is 0.500 bits per heavy atom. The van der Waals surface area contributed by atoms with Crippen molar-refractivity contribution in [3.05, 3.63) is 84.9 Å². The number of hydrogen-bond donors (Lipinski definition) is 2. The number of hydrogen-bond acceptors (Lipinski definition) is 4. The molecule has 0 saturated heterocycles. The van der Waals surface area contributed by atoms with Crippen LogP contribution in [0.2, 0.25) is 0 Å². The molecule has 0 spiro atoms. The summed E-state index contributed by atoms with van der Waals surface area (Å²) in [5.74, 6) is 0. The maximum Gasteiger partial charge on any atom is 0.0935 e. The molecule has 0 amide bonds. The average Bonchev–Trinajstić information content (AvgIpc) is 2.72. The highest BCUT2D eigenvalue weighted by atomic mass is 15.1. The predicted octanol–water partition coefficient (Wildman–Crippen LogP) is 5.31. The van der Waals surface area contributed by atoms with Crippen LogP contribution in [0, 0.1) is 0 Å². The van der Waals surface area contributed by atoms with Gasteiger partial charge in [0.1, 0.15) is 0 Å². The van der Waals surface area contributed by atoms with Crippen LogP contribution in [0.1, 0.15) is 0 Å². The summed E-state index contributed by atoms with van der Waals surface area (Å²) in [5.41, 5.74) is 11.6. The summed E-state index contributed by atoms with van der Waals surface area (Å²) in [6.45, 7) is 1.19. The Balaban J connectivity index is 0.000000447. The van der Waals surface area contributed by atoms with Gasteiger partial charge in [0.15, 0.2) is 0 Å².